The Balaban J connectivity index is 2.69. The monoisotopic (exact) mass is 219 g/mol. The van der Waals surface area contributed by atoms with Crippen molar-refractivity contribution in [1.82, 2.24) is 5.32 Å². The maximum atomic E-state index is 11.9. The molecule has 2 nitrogen and oxygen atoms in total. The Kier molecular flexibility index (Phi) is 5.20. The van der Waals surface area contributed by atoms with E-state index in [0.717, 1.165) is 24.9 Å². The number of aryl methyl sites for hydroxylation is 1. The molecular weight excluding hydrogens is 198 g/mol. The lowest BCUT2D eigenvalue weighted by Gasteiger charge is -2.11. The number of carbonyl (C=O) groups excluding carboxylic acids is 1. The van der Waals surface area contributed by atoms with Crippen molar-refractivity contribution in [2.45, 2.75) is 39.7 Å². The Labute approximate surface area is 98.1 Å². The molecule has 0 saturated carbocycles. The topological polar surface area (TPSA) is 29.1 Å². The van der Waals surface area contributed by atoms with Crippen LogP contribution in [-0.4, -0.2) is 18.4 Å². The minimum atomic E-state index is -0.0953. The standard InChI is InChI=1S/C14H21NO/c1-4-6-12-7-9-13(10-8-12)14(16)11(3)15-5-2/h7-11,15H,4-6H2,1-3H3. The van der Waals surface area contributed by atoms with Crippen molar-refractivity contribution in [3.05, 3.63) is 35.4 Å². The average molecular weight is 219 g/mol. The van der Waals surface area contributed by atoms with Gasteiger partial charge < -0.3 is 5.32 Å². The average Bonchev–Trinajstić information content (AvgIpc) is 2.30. The zero-order valence-electron chi connectivity index (χ0n) is 10.4. The van der Waals surface area contributed by atoms with Crippen LogP contribution in [0.3, 0.4) is 0 Å². The normalized spacial score (nSPS) is 12.4. The van der Waals surface area contributed by atoms with Crippen LogP contribution in [0.1, 0.15) is 43.1 Å². The molecule has 0 fully saturated rings. The summed E-state index contributed by atoms with van der Waals surface area (Å²) in [6.07, 6.45) is 2.22. The summed E-state index contributed by atoms with van der Waals surface area (Å²) >= 11 is 0. The third kappa shape index (κ3) is 3.46. The van der Waals surface area contributed by atoms with E-state index in [2.05, 4.69) is 24.4 Å². The summed E-state index contributed by atoms with van der Waals surface area (Å²) in [6, 6.07) is 7.87. The molecule has 1 N–H and O–H groups in total. The van der Waals surface area contributed by atoms with E-state index in [4.69, 9.17) is 0 Å². The molecule has 0 aliphatic rings. The first-order valence-corrected chi connectivity index (χ1v) is 6.05. The minimum absolute atomic E-state index is 0.0953. The van der Waals surface area contributed by atoms with Gasteiger partial charge in [0, 0.05) is 5.56 Å². The summed E-state index contributed by atoms with van der Waals surface area (Å²) in [6.45, 7) is 6.90. The van der Waals surface area contributed by atoms with Crippen LogP contribution < -0.4 is 5.32 Å². The fourth-order valence-corrected chi connectivity index (χ4v) is 1.77. The fourth-order valence-electron chi connectivity index (χ4n) is 1.77. The van der Waals surface area contributed by atoms with Gasteiger partial charge in [-0.2, -0.15) is 0 Å². The predicted octanol–water partition coefficient (Wildman–Crippen LogP) is 2.82. The molecule has 1 atom stereocenters. The largest absolute Gasteiger partial charge is 0.308 e. The molecule has 1 aromatic rings. The highest BCUT2D eigenvalue weighted by Gasteiger charge is 2.13. The number of hydrogen-bond acceptors (Lipinski definition) is 2. The molecule has 0 aliphatic carbocycles. The molecule has 0 aliphatic heterocycles. The van der Waals surface area contributed by atoms with Crippen molar-refractivity contribution in [2.24, 2.45) is 0 Å². The molecule has 0 heterocycles. The van der Waals surface area contributed by atoms with E-state index in [1.807, 2.05) is 26.0 Å². The molecule has 1 unspecified atom stereocenters. The van der Waals surface area contributed by atoms with Gasteiger partial charge in [0.2, 0.25) is 0 Å². The van der Waals surface area contributed by atoms with Gasteiger partial charge in [-0.15, -0.1) is 0 Å². The maximum absolute atomic E-state index is 11.9. The number of ketones is 1. The fraction of sp³-hybridized carbons (Fsp3) is 0.500. The second-order valence-electron chi connectivity index (χ2n) is 4.09. The van der Waals surface area contributed by atoms with Crippen LogP contribution in [0.25, 0.3) is 0 Å². The summed E-state index contributed by atoms with van der Waals surface area (Å²) < 4.78 is 0. The van der Waals surface area contributed by atoms with E-state index >= 15 is 0 Å². The second-order valence-corrected chi connectivity index (χ2v) is 4.09. The van der Waals surface area contributed by atoms with Crippen molar-refractivity contribution in [1.29, 1.82) is 0 Å². The van der Waals surface area contributed by atoms with E-state index in [-0.39, 0.29) is 11.8 Å². The number of Topliss-reactive ketones (excluding diaryl/α,β-unsaturated/α-hetero) is 1. The van der Waals surface area contributed by atoms with Crippen LogP contribution in [0.5, 0.6) is 0 Å². The van der Waals surface area contributed by atoms with E-state index in [1.54, 1.807) is 0 Å². The van der Waals surface area contributed by atoms with Gasteiger partial charge in [-0.3, -0.25) is 4.79 Å². The van der Waals surface area contributed by atoms with Gasteiger partial charge in [0.05, 0.1) is 6.04 Å². The van der Waals surface area contributed by atoms with E-state index in [0.29, 0.717) is 0 Å². The predicted molar refractivity (Wildman–Crippen MR) is 67.9 cm³/mol. The van der Waals surface area contributed by atoms with Gasteiger partial charge in [-0.25, -0.2) is 0 Å². The highest BCUT2D eigenvalue weighted by molar-refractivity contribution is 5.99. The molecule has 0 bridgehead atoms. The number of nitrogens with one attached hydrogen (secondary N) is 1. The van der Waals surface area contributed by atoms with E-state index < -0.39 is 0 Å². The van der Waals surface area contributed by atoms with Crippen molar-refractivity contribution < 1.29 is 4.79 Å². The molecule has 2 heteroatoms. The number of carbonyl (C=O) groups is 1. The van der Waals surface area contributed by atoms with E-state index in [9.17, 15) is 4.79 Å². The Morgan fingerprint density at radius 1 is 1.25 bits per heavy atom. The number of hydrogen-bond donors (Lipinski definition) is 1. The highest BCUT2D eigenvalue weighted by atomic mass is 16.1. The SMILES string of the molecule is CCCc1ccc(C(=O)C(C)NCC)cc1. The first-order valence-electron chi connectivity index (χ1n) is 6.05. The van der Waals surface area contributed by atoms with Crippen LogP contribution in [0.2, 0.25) is 0 Å². The van der Waals surface area contributed by atoms with E-state index in [1.165, 1.54) is 5.56 Å². The second kappa shape index (κ2) is 6.44. The zero-order chi connectivity index (χ0) is 12.0. The molecular formula is C14H21NO. The summed E-state index contributed by atoms with van der Waals surface area (Å²) in [5.41, 5.74) is 2.10. The Hall–Kier alpha value is -1.15. The third-order valence-corrected chi connectivity index (χ3v) is 2.68. The smallest absolute Gasteiger partial charge is 0.179 e. The molecule has 0 amide bonds. The lowest BCUT2D eigenvalue weighted by molar-refractivity contribution is 0.0952. The first kappa shape index (κ1) is 12.9. The molecule has 0 spiro atoms. The summed E-state index contributed by atoms with van der Waals surface area (Å²) in [5, 5.41) is 3.13. The zero-order valence-corrected chi connectivity index (χ0v) is 10.4. The summed E-state index contributed by atoms with van der Waals surface area (Å²) in [7, 11) is 0. The molecule has 16 heavy (non-hydrogen) atoms. The van der Waals surface area contributed by atoms with Crippen molar-refractivity contribution >= 4 is 5.78 Å². The van der Waals surface area contributed by atoms with Crippen LogP contribution in [0.4, 0.5) is 0 Å². The number of benzene rings is 1. The molecule has 0 aromatic heterocycles. The van der Waals surface area contributed by atoms with Crippen molar-refractivity contribution in [3.63, 3.8) is 0 Å². The third-order valence-electron chi connectivity index (χ3n) is 2.68. The lowest BCUT2D eigenvalue weighted by atomic mass is 10.0. The van der Waals surface area contributed by atoms with Gasteiger partial charge in [0.15, 0.2) is 5.78 Å². The molecule has 1 rings (SSSR count). The van der Waals surface area contributed by atoms with Gasteiger partial charge in [-0.1, -0.05) is 44.5 Å². The highest BCUT2D eigenvalue weighted by Crippen LogP contribution is 2.08. The van der Waals surface area contributed by atoms with Crippen LogP contribution in [0, 0.1) is 0 Å². The van der Waals surface area contributed by atoms with Crippen LogP contribution in [0.15, 0.2) is 24.3 Å². The molecule has 0 saturated heterocycles. The quantitative estimate of drug-likeness (QED) is 0.745. The Morgan fingerprint density at radius 2 is 1.88 bits per heavy atom. The lowest BCUT2D eigenvalue weighted by Crippen LogP contribution is -2.33. The first-order chi connectivity index (χ1) is 7.69. The Morgan fingerprint density at radius 3 is 2.38 bits per heavy atom. The van der Waals surface area contributed by atoms with Crippen molar-refractivity contribution in [3.8, 4) is 0 Å². The van der Waals surface area contributed by atoms with Gasteiger partial charge >= 0.3 is 0 Å². The van der Waals surface area contributed by atoms with Gasteiger partial charge in [0.25, 0.3) is 0 Å². The number of rotatable bonds is 6. The van der Waals surface area contributed by atoms with Crippen molar-refractivity contribution in [2.75, 3.05) is 6.54 Å². The van der Waals surface area contributed by atoms with Gasteiger partial charge in [-0.05, 0) is 25.5 Å². The van der Waals surface area contributed by atoms with Crippen LogP contribution >= 0.6 is 0 Å². The number of likely N-dealkylation sites (N-methyl/N-ethyl adjacent to an activating group) is 1. The Bertz CT molecular complexity index is 329. The summed E-state index contributed by atoms with van der Waals surface area (Å²) in [5.74, 6) is 0.171. The summed E-state index contributed by atoms with van der Waals surface area (Å²) in [4.78, 5) is 11.9. The molecule has 0 radical (unpaired) electrons. The maximum Gasteiger partial charge on any atom is 0.179 e. The minimum Gasteiger partial charge on any atom is -0.308 e. The van der Waals surface area contributed by atoms with Gasteiger partial charge in [0.1, 0.15) is 0 Å². The molecule has 88 valence electrons. The van der Waals surface area contributed by atoms with Crippen LogP contribution in [-0.2, 0) is 6.42 Å². The molecule has 1 aromatic carbocycles.